The van der Waals surface area contributed by atoms with Gasteiger partial charge < -0.3 is 10.6 Å². The van der Waals surface area contributed by atoms with Crippen molar-refractivity contribution < 1.29 is 0 Å². The molecule has 0 bridgehead atoms. The molecule has 0 spiro atoms. The predicted molar refractivity (Wildman–Crippen MR) is 68.2 cm³/mol. The SMILES string of the molecule is Cc1cc(N2CCCC2C)ccc1C(=N)N. The fourth-order valence-electron chi connectivity index (χ4n) is 2.45. The van der Waals surface area contributed by atoms with Gasteiger partial charge in [0, 0.05) is 23.8 Å². The summed E-state index contributed by atoms with van der Waals surface area (Å²) in [5.74, 6) is 0.151. The molecule has 3 nitrogen and oxygen atoms in total. The highest BCUT2D eigenvalue weighted by molar-refractivity contribution is 5.96. The minimum atomic E-state index is 0.151. The molecule has 1 saturated heterocycles. The zero-order valence-corrected chi connectivity index (χ0v) is 9.96. The molecule has 16 heavy (non-hydrogen) atoms. The van der Waals surface area contributed by atoms with Gasteiger partial charge in [0.1, 0.15) is 5.84 Å². The van der Waals surface area contributed by atoms with Gasteiger partial charge in [0.15, 0.2) is 0 Å². The van der Waals surface area contributed by atoms with Crippen LogP contribution in [0.25, 0.3) is 0 Å². The summed E-state index contributed by atoms with van der Waals surface area (Å²) in [7, 11) is 0. The maximum Gasteiger partial charge on any atom is 0.123 e. The van der Waals surface area contributed by atoms with Crippen molar-refractivity contribution in [1.29, 1.82) is 5.41 Å². The lowest BCUT2D eigenvalue weighted by molar-refractivity contribution is 0.735. The Morgan fingerprint density at radius 3 is 2.75 bits per heavy atom. The van der Waals surface area contributed by atoms with Crippen molar-refractivity contribution in [2.24, 2.45) is 5.73 Å². The number of nitrogens with zero attached hydrogens (tertiary/aromatic N) is 1. The highest BCUT2D eigenvalue weighted by Gasteiger charge is 2.20. The molecule has 0 saturated carbocycles. The van der Waals surface area contributed by atoms with Crippen molar-refractivity contribution >= 4 is 11.5 Å². The van der Waals surface area contributed by atoms with E-state index in [9.17, 15) is 0 Å². The maximum absolute atomic E-state index is 7.46. The van der Waals surface area contributed by atoms with Gasteiger partial charge in [-0.1, -0.05) is 0 Å². The summed E-state index contributed by atoms with van der Waals surface area (Å²) in [6.07, 6.45) is 2.54. The average molecular weight is 217 g/mol. The molecule has 2 rings (SSSR count). The predicted octanol–water partition coefficient (Wildman–Crippen LogP) is 2.27. The zero-order chi connectivity index (χ0) is 11.7. The van der Waals surface area contributed by atoms with Gasteiger partial charge in [0.2, 0.25) is 0 Å². The molecule has 0 radical (unpaired) electrons. The monoisotopic (exact) mass is 217 g/mol. The Balaban J connectivity index is 2.30. The van der Waals surface area contributed by atoms with E-state index >= 15 is 0 Å². The van der Waals surface area contributed by atoms with Gasteiger partial charge >= 0.3 is 0 Å². The third-order valence-corrected chi connectivity index (χ3v) is 3.38. The summed E-state index contributed by atoms with van der Waals surface area (Å²) >= 11 is 0. The summed E-state index contributed by atoms with van der Waals surface area (Å²) < 4.78 is 0. The van der Waals surface area contributed by atoms with E-state index in [1.807, 2.05) is 13.0 Å². The van der Waals surface area contributed by atoms with Crippen LogP contribution in [0.4, 0.5) is 5.69 Å². The van der Waals surface area contributed by atoms with Crippen molar-refractivity contribution in [2.75, 3.05) is 11.4 Å². The van der Waals surface area contributed by atoms with E-state index in [1.165, 1.54) is 18.5 Å². The number of amidine groups is 1. The summed E-state index contributed by atoms with van der Waals surface area (Å²) in [5.41, 5.74) is 8.70. The van der Waals surface area contributed by atoms with Crippen LogP contribution in [0.3, 0.4) is 0 Å². The molecule has 1 aliphatic rings. The highest BCUT2D eigenvalue weighted by Crippen LogP contribution is 2.26. The van der Waals surface area contributed by atoms with Gasteiger partial charge in [-0.2, -0.15) is 0 Å². The van der Waals surface area contributed by atoms with Gasteiger partial charge in [0.05, 0.1) is 0 Å². The second-order valence-electron chi connectivity index (χ2n) is 4.60. The molecule has 1 atom stereocenters. The molecule has 0 amide bonds. The minimum Gasteiger partial charge on any atom is -0.384 e. The normalized spacial score (nSPS) is 20.1. The highest BCUT2D eigenvalue weighted by atomic mass is 15.2. The average Bonchev–Trinajstić information content (AvgIpc) is 2.63. The fourth-order valence-corrected chi connectivity index (χ4v) is 2.45. The second-order valence-corrected chi connectivity index (χ2v) is 4.60. The molecular weight excluding hydrogens is 198 g/mol. The Morgan fingerprint density at radius 2 is 2.25 bits per heavy atom. The first-order valence-electron chi connectivity index (χ1n) is 5.81. The van der Waals surface area contributed by atoms with Gasteiger partial charge in [0.25, 0.3) is 0 Å². The van der Waals surface area contributed by atoms with Crippen LogP contribution >= 0.6 is 0 Å². The lowest BCUT2D eigenvalue weighted by atomic mass is 10.1. The lowest BCUT2D eigenvalue weighted by Gasteiger charge is -2.24. The zero-order valence-electron chi connectivity index (χ0n) is 9.96. The number of aryl methyl sites for hydroxylation is 1. The number of nitrogens with one attached hydrogen (secondary N) is 1. The number of rotatable bonds is 2. The van der Waals surface area contributed by atoms with E-state index in [1.54, 1.807) is 0 Å². The van der Waals surface area contributed by atoms with Gasteiger partial charge in [-0.15, -0.1) is 0 Å². The van der Waals surface area contributed by atoms with Gasteiger partial charge in [-0.25, -0.2) is 0 Å². The number of nitrogen functional groups attached to an aromatic ring is 1. The van der Waals surface area contributed by atoms with Crippen LogP contribution in [-0.4, -0.2) is 18.4 Å². The lowest BCUT2D eigenvalue weighted by Crippen LogP contribution is -2.26. The second kappa shape index (κ2) is 4.16. The Bertz CT molecular complexity index is 412. The molecule has 1 heterocycles. The fraction of sp³-hybridized carbons (Fsp3) is 0.462. The molecule has 0 aliphatic carbocycles. The number of benzene rings is 1. The Hall–Kier alpha value is -1.51. The van der Waals surface area contributed by atoms with Crippen molar-refractivity contribution in [1.82, 2.24) is 0 Å². The smallest absolute Gasteiger partial charge is 0.123 e. The third kappa shape index (κ3) is 1.90. The summed E-state index contributed by atoms with van der Waals surface area (Å²) in [4.78, 5) is 2.43. The molecule has 3 heteroatoms. The van der Waals surface area contributed by atoms with Crippen LogP contribution in [0.1, 0.15) is 30.9 Å². The van der Waals surface area contributed by atoms with Crippen LogP contribution < -0.4 is 10.6 Å². The number of nitrogens with two attached hydrogens (primary N) is 1. The number of hydrogen-bond donors (Lipinski definition) is 2. The van der Waals surface area contributed by atoms with Crippen LogP contribution in [0.15, 0.2) is 18.2 Å². The summed E-state index contributed by atoms with van der Waals surface area (Å²) in [6, 6.07) is 6.80. The quantitative estimate of drug-likeness (QED) is 0.590. The van der Waals surface area contributed by atoms with Gasteiger partial charge in [-0.05, 0) is 50.5 Å². The molecule has 1 aromatic rings. The van der Waals surface area contributed by atoms with E-state index in [4.69, 9.17) is 11.1 Å². The first kappa shape index (κ1) is 11.0. The molecule has 0 aromatic heterocycles. The largest absolute Gasteiger partial charge is 0.384 e. The Labute approximate surface area is 96.8 Å². The third-order valence-electron chi connectivity index (χ3n) is 3.38. The molecular formula is C13H19N3. The van der Waals surface area contributed by atoms with Gasteiger partial charge in [-0.3, -0.25) is 5.41 Å². The van der Waals surface area contributed by atoms with E-state index in [0.29, 0.717) is 6.04 Å². The molecule has 3 N–H and O–H groups in total. The summed E-state index contributed by atoms with van der Waals surface area (Å²) in [6.45, 7) is 5.42. The van der Waals surface area contributed by atoms with E-state index < -0.39 is 0 Å². The van der Waals surface area contributed by atoms with Crippen LogP contribution in [0, 0.1) is 12.3 Å². The van der Waals surface area contributed by atoms with Crippen LogP contribution in [-0.2, 0) is 0 Å². The first-order valence-corrected chi connectivity index (χ1v) is 5.81. The first-order chi connectivity index (χ1) is 7.59. The van der Waals surface area contributed by atoms with Crippen molar-refractivity contribution in [3.05, 3.63) is 29.3 Å². The summed E-state index contributed by atoms with van der Waals surface area (Å²) in [5, 5.41) is 7.46. The number of hydrogen-bond acceptors (Lipinski definition) is 2. The van der Waals surface area contributed by atoms with Crippen molar-refractivity contribution in [3.8, 4) is 0 Å². The number of anilines is 1. The maximum atomic E-state index is 7.46. The molecule has 86 valence electrons. The van der Waals surface area contributed by atoms with Crippen LogP contribution in [0.2, 0.25) is 0 Å². The Morgan fingerprint density at radius 1 is 1.50 bits per heavy atom. The standard InChI is InChI=1S/C13H19N3/c1-9-8-11(5-6-12(9)13(14)15)16-7-3-4-10(16)2/h5-6,8,10H,3-4,7H2,1-2H3,(H3,14,15). The van der Waals surface area contributed by atoms with E-state index in [2.05, 4.69) is 24.0 Å². The van der Waals surface area contributed by atoms with Crippen molar-refractivity contribution in [2.45, 2.75) is 32.7 Å². The molecule has 1 aromatic carbocycles. The topological polar surface area (TPSA) is 53.1 Å². The Kier molecular flexibility index (Phi) is 2.86. The molecule has 1 fully saturated rings. The molecule has 1 unspecified atom stereocenters. The minimum absolute atomic E-state index is 0.151. The molecule has 1 aliphatic heterocycles. The van der Waals surface area contributed by atoms with E-state index in [0.717, 1.165) is 17.7 Å². The van der Waals surface area contributed by atoms with Crippen molar-refractivity contribution in [3.63, 3.8) is 0 Å². The van der Waals surface area contributed by atoms with Crippen LogP contribution in [0.5, 0.6) is 0 Å². The van der Waals surface area contributed by atoms with E-state index in [-0.39, 0.29) is 5.84 Å².